The Labute approximate surface area is 138 Å². The Hall–Kier alpha value is -3.28. The molecule has 4 rings (SSSR count). The minimum absolute atomic E-state index is 0.411. The third-order valence-electron chi connectivity index (χ3n) is 3.55. The molecule has 0 aliphatic rings. The van der Waals surface area contributed by atoms with E-state index in [4.69, 9.17) is 9.26 Å². The number of para-hydroxylation sites is 1. The fraction of sp³-hybridized carbons (Fsp3) is 0.111. The van der Waals surface area contributed by atoms with Gasteiger partial charge in [0.05, 0.1) is 23.3 Å². The maximum Gasteiger partial charge on any atom is 0.259 e. The van der Waals surface area contributed by atoms with Crippen LogP contribution in [-0.2, 0) is 0 Å². The number of ether oxygens (including phenoxy) is 1. The number of hydrogen-bond acceptors (Lipinski definition) is 6. The highest BCUT2D eigenvalue weighted by atomic mass is 16.5. The molecule has 0 bridgehead atoms. The zero-order valence-electron chi connectivity index (χ0n) is 13.0. The predicted molar refractivity (Wildman–Crippen MR) is 89.4 cm³/mol. The summed E-state index contributed by atoms with van der Waals surface area (Å²) in [6.07, 6.45) is 3.38. The zero-order valence-corrected chi connectivity index (χ0v) is 13.0. The van der Waals surface area contributed by atoms with E-state index in [1.807, 2.05) is 49.4 Å². The summed E-state index contributed by atoms with van der Waals surface area (Å²) in [7, 11) is 0. The molecule has 3 heterocycles. The van der Waals surface area contributed by atoms with Crippen molar-refractivity contribution in [3.63, 3.8) is 0 Å². The van der Waals surface area contributed by atoms with Crippen LogP contribution in [0.3, 0.4) is 0 Å². The number of aromatic nitrogens is 4. The van der Waals surface area contributed by atoms with Crippen molar-refractivity contribution in [2.24, 2.45) is 0 Å². The van der Waals surface area contributed by atoms with Gasteiger partial charge in [0, 0.05) is 17.8 Å². The Morgan fingerprint density at radius 2 is 2.00 bits per heavy atom. The molecular formula is C18H14N4O2. The van der Waals surface area contributed by atoms with E-state index in [0.29, 0.717) is 29.8 Å². The number of hydrogen-bond donors (Lipinski definition) is 0. The highest BCUT2D eigenvalue weighted by Gasteiger charge is 2.17. The van der Waals surface area contributed by atoms with Gasteiger partial charge in [0.25, 0.3) is 5.89 Å². The van der Waals surface area contributed by atoms with E-state index in [-0.39, 0.29) is 0 Å². The van der Waals surface area contributed by atoms with Crippen LogP contribution in [0.25, 0.3) is 33.7 Å². The fourth-order valence-corrected chi connectivity index (χ4v) is 2.44. The van der Waals surface area contributed by atoms with Crippen LogP contribution in [0.15, 0.2) is 59.4 Å². The molecule has 6 nitrogen and oxygen atoms in total. The van der Waals surface area contributed by atoms with Gasteiger partial charge in [-0.3, -0.25) is 4.98 Å². The first-order chi connectivity index (χ1) is 11.8. The number of nitrogens with zero attached hydrogens (tertiary/aromatic N) is 4. The summed E-state index contributed by atoms with van der Waals surface area (Å²) in [5.41, 5.74) is 2.33. The van der Waals surface area contributed by atoms with Crippen molar-refractivity contribution in [3.8, 4) is 28.7 Å². The summed E-state index contributed by atoms with van der Waals surface area (Å²) in [6, 6.07) is 13.5. The van der Waals surface area contributed by atoms with E-state index in [0.717, 1.165) is 16.5 Å². The van der Waals surface area contributed by atoms with Crippen LogP contribution in [0.4, 0.5) is 0 Å². The first kappa shape index (κ1) is 14.3. The maximum atomic E-state index is 5.67. The number of fused-ring (bicyclic) bond motifs is 1. The molecule has 0 radical (unpaired) electrons. The third kappa shape index (κ3) is 2.58. The second-order valence-electron chi connectivity index (χ2n) is 5.13. The van der Waals surface area contributed by atoms with Crippen LogP contribution in [0, 0.1) is 0 Å². The molecule has 0 aliphatic carbocycles. The number of rotatable bonds is 4. The fourth-order valence-electron chi connectivity index (χ4n) is 2.44. The monoisotopic (exact) mass is 318 g/mol. The summed E-state index contributed by atoms with van der Waals surface area (Å²) in [5, 5.41) is 5.07. The number of benzene rings is 1. The number of pyridine rings is 2. The second-order valence-corrected chi connectivity index (χ2v) is 5.13. The Morgan fingerprint density at radius 3 is 2.83 bits per heavy atom. The van der Waals surface area contributed by atoms with Crippen LogP contribution < -0.4 is 4.74 Å². The molecule has 4 aromatic rings. The molecule has 6 heteroatoms. The van der Waals surface area contributed by atoms with Crippen LogP contribution in [-0.4, -0.2) is 26.7 Å². The molecule has 1 aromatic carbocycles. The highest BCUT2D eigenvalue weighted by molar-refractivity contribution is 5.84. The Kier molecular flexibility index (Phi) is 3.63. The maximum absolute atomic E-state index is 5.67. The Bertz CT molecular complexity index is 983. The molecule has 0 saturated heterocycles. The largest absolute Gasteiger partial charge is 0.477 e. The van der Waals surface area contributed by atoms with Gasteiger partial charge in [-0.1, -0.05) is 23.4 Å². The lowest BCUT2D eigenvalue weighted by molar-refractivity contribution is 0.329. The van der Waals surface area contributed by atoms with Gasteiger partial charge in [-0.05, 0) is 31.2 Å². The van der Waals surface area contributed by atoms with Gasteiger partial charge in [0.15, 0.2) is 0 Å². The minimum Gasteiger partial charge on any atom is -0.477 e. The Morgan fingerprint density at radius 1 is 1.08 bits per heavy atom. The van der Waals surface area contributed by atoms with Crippen molar-refractivity contribution in [2.45, 2.75) is 6.92 Å². The Balaban J connectivity index is 1.83. The quantitative estimate of drug-likeness (QED) is 0.570. The van der Waals surface area contributed by atoms with Gasteiger partial charge in [0.1, 0.15) is 0 Å². The van der Waals surface area contributed by atoms with Crippen molar-refractivity contribution in [1.29, 1.82) is 0 Å². The van der Waals surface area contributed by atoms with Crippen LogP contribution in [0.5, 0.6) is 5.88 Å². The molecule has 24 heavy (non-hydrogen) atoms. The van der Waals surface area contributed by atoms with Crippen molar-refractivity contribution in [1.82, 2.24) is 20.1 Å². The smallest absolute Gasteiger partial charge is 0.259 e. The van der Waals surface area contributed by atoms with Crippen molar-refractivity contribution in [3.05, 3.63) is 54.9 Å². The SMILES string of the molecule is CCOc1nc2ccccc2cc1-c1noc(-c2cccnc2)n1. The van der Waals surface area contributed by atoms with Crippen molar-refractivity contribution in [2.75, 3.05) is 6.61 Å². The first-order valence-corrected chi connectivity index (χ1v) is 7.62. The van der Waals surface area contributed by atoms with E-state index in [2.05, 4.69) is 20.1 Å². The van der Waals surface area contributed by atoms with Crippen LogP contribution >= 0.6 is 0 Å². The van der Waals surface area contributed by atoms with Crippen LogP contribution in [0.2, 0.25) is 0 Å². The van der Waals surface area contributed by atoms with Crippen LogP contribution in [0.1, 0.15) is 6.92 Å². The summed E-state index contributed by atoms with van der Waals surface area (Å²) in [6.45, 7) is 2.42. The van der Waals surface area contributed by atoms with Crippen molar-refractivity contribution >= 4 is 10.9 Å². The van der Waals surface area contributed by atoms with Gasteiger partial charge in [-0.2, -0.15) is 4.98 Å². The molecule has 118 valence electrons. The van der Waals surface area contributed by atoms with E-state index < -0.39 is 0 Å². The second kappa shape index (κ2) is 6.08. The first-order valence-electron chi connectivity index (χ1n) is 7.62. The summed E-state index contributed by atoms with van der Waals surface area (Å²) >= 11 is 0. The van der Waals surface area contributed by atoms with E-state index in [1.165, 1.54) is 0 Å². The van der Waals surface area contributed by atoms with Crippen molar-refractivity contribution < 1.29 is 9.26 Å². The van der Waals surface area contributed by atoms with Gasteiger partial charge in [-0.25, -0.2) is 4.98 Å². The molecule has 0 N–H and O–H groups in total. The van der Waals surface area contributed by atoms with Gasteiger partial charge in [0.2, 0.25) is 11.7 Å². The molecular weight excluding hydrogens is 304 g/mol. The van der Waals surface area contributed by atoms with Gasteiger partial charge in [-0.15, -0.1) is 0 Å². The van der Waals surface area contributed by atoms with E-state index in [1.54, 1.807) is 12.4 Å². The topological polar surface area (TPSA) is 73.9 Å². The standard InChI is InChI=1S/C18H14N4O2/c1-2-23-18-14(10-12-6-3-4-8-15(12)20-18)16-21-17(24-22-16)13-7-5-9-19-11-13/h3-11H,2H2,1H3. The van der Waals surface area contributed by atoms with Gasteiger partial charge < -0.3 is 9.26 Å². The molecule has 0 unspecified atom stereocenters. The van der Waals surface area contributed by atoms with E-state index in [9.17, 15) is 0 Å². The summed E-state index contributed by atoms with van der Waals surface area (Å²) in [5.74, 6) is 1.35. The molecule has 0 fully saturated rings. The average Bonchev–Trinajstić information content (AvgIpc) is 3.12. The molecule has 0 saturated carbocycles. The highest BCUT2D eigenvalue weighted by Crippen LogP contribution is 2.31. The zero-order chi connectivity index (χ0) is 16.4. The minimum atomic E-state index is 0.411. The lowest BCUT2D eigenvalue weighted by Crippen LogP contribution is -1.98. The lowest BCUT2D eigenvalue weighted by atomic mass is 10.1. The summed E-state index contributed by atoms with van der Waals surface area (Å²) in [4.78, 5) is 13.1. The third-order valence-corrected chi connectivity index (χ3v) is 3.55. The normalized spacial score (nSPS) is 10.9. The lowest BCUT2D eigenvalue weighted by Gasteiger charge is -2.08. The van der Waals surface area contributed by atoms with E-state index >= 15 is 0 Å². The summed E-state index contributed by atoms with van der Waals surface area (Å²) < 4.78 is 11.0. The molecule has 3 aromatic heterocycles. The predicted octanol–water partition coefficient (Wildman–Crippen LogP) is 3.75. The molecule has 0 aliphatic heterocycles. The average molecular weight is 318 g/mol. The van der Waals surface area contributed by atoms with Gasteiger partial charge >= 0.3 is 0 Å². The molecule has 0 atom stereocenters. The molecule has 0 spiro atoms. The molecule has 0 amide bonds.